The number of benzene rings is 2. The molecule has 0 bridgehead atoms. The molecule has 1 aliphatic heterocycles. The van der Waals surface area contributed by atoms with Crippen LogP contribution in [0.25, 0.3) is 16.3 Å². The molecule has 0 saturated heterocycles. The normalized spacial score (nSPS) is 13.5. The summed E-state index contributed by atoms with van der Waals surface area (Å²) in [6, 6.07) is 9.83. The van der Waals surface area contributed by atoms with E-state index < -0.39 is 5.82 Å². The highest BCUT2D eigenvalue weighted by molar-refractivity contribution is 7.17. The number of rotatable bonds is 2. The van der Waals surface area contributed by atoms with E-state index in [1.807, 2.05) is 0 Å². The average molecular weight is 446 g/mol. The molecule has 0 fully saturated rings. The zero-order valence-corrected chi connectivity index (χ0v) is 17.0. The van der Waals surface area contributed by atoms with Crippen LogP contribution in [0.4, 0.5) is 19.3 Å². The van der Waals surface area contributed by atoms with Gasteiger partial charge in [-0.2, -0.15) is 4.98 Å². The molecule has 10 heteroatoms. The lowest BCUT2D eigenvalue weighted by molar-refractivity contribution is 0.206. The molecular weight excluding hydrogens is 432 g/mol. The summed E-state index contributed by atoms with van der Waals surface area (Å²) in [5, 5.41) is 7.27. The summed E-state index contributed by atoms with van der Waals surface area (Å²) in [6.45, 7) is 0.934. The molecule has 3 heterocycles. The Morgan fingerprint density at radius 1 is 1.17 bits per heavy atom. The van der Waals surface area contributed by atoms with Crippen LogP contribution in [0.2, 0.25) is 5.02 Å². The summed E-state index contributed by atoms with van der Waals surface area (Å²) in [7, 11) is 0. The molecule has 0 atom stereocenters. The summed E-state index contributed by atoms with van der Waals surface area (Å²) in [4.78, 5) is 20.6. The van der Waals surface area contributed by atoms with Crippen LogP contribution in [0.3, 0.4) is 0 Å². The molecule has 0 unspecified atom stereocenters. The first kappa shape index (κ1) is 19.0. The fourth-order valence-corrected chi connectivity index (χ4v) is 4.66. The number of anilines is 1. The standard InChI is InChI=1S/C20H14ClF2N5OS/c21-14-9-13(5-6-15(14)23)24-19(29)27-8-7-16-17(10-27)30-20-25-18(26-28(16)20)11-1-3-12(22)4-2-11/h1-6,9H,7-8,10H2,(H,24,29). The van der Waals surface area contributed by atoms with E-state index in [1.165, 1.54) is 41.7 Å². The quantitative estimate of drug-likeness (QED) is 0.473. The van der Waals surface area contributed by atoms with Gasteiger partial charge in [0.25, 0.3) is 0 Å². The zero-order chi connectivity index (χ0) is 20.8. The zero-order valence-electron chi connectivity index (χ0n) is 15.4. The maximum Gasteiger partial charge on any atom is 0.322 e. The minimum atomic E-state index is -0.535. The molecule has 6 nitrogen and oxygen atoms in total. The van der Waals surface area contributed by atoms with Gasteiger partial charge in [0, 0.05) is 29.1 Å². The van der Waals surface area contributed by atoms with E-state index in [2.05, 4.69) is 15.4 Å². The number of aromatic nitrogens is 3. The van der Waals surface area contributed by atoms with Crippen LogP contribution in [0.1, 0.15) is 10.6 Å². The van der Waals surface area contributed by atoms with Crippen molar-refractivity contribution >= 4 is 39.6 Å². The Hall–Kier alpha value is -3.04. The summed E-state index contributed by atoms with van der Waals surface area (Å²) in [5.41, 5.74) is 2.20. The monoisotopic (exact) mass is 445 g/mol. The van der Waals surface area contributed by atoms with E-state index in [-0.39, 0.29) is 16.9 Å². The summed E-state index contributed by atoms with van der Waals surface area (Å²) < 4.78 is 28.2. The van der Waals surface area contributed by atoms with Crippen LogP contribution < -0.4 is 5.32 Å². The van der Waals surface area contributed by atoms with Crippen LogP contribution in [0.15, 0.2) is 42.5 Å². The van der Waals surface area contributed by atoms with Crippen molar-refractivity contribution in [1.82, 2.24) is 19.5 Å². The van der Waals surface area contributed by atoms with Gasteiger partial charge < -0.3 is 10.2 Å². The second-order valence-electron chi connectivity index (χ2n) is 6.84. The molecule has 5 rings (SSSR count). The van der Waals surface area contributed by atoms with Gasteiger partial charge in [0.15, 0.2) is 5.82 Å². The molecule has 4 aromatic rings. The third-order valence-electron chi connectivity index (χ3n) is 4.88. The third-order valence-corrected chi connectivity index (χ3v) is 6.23. The van der Waals surface area contributed by atoms with Crippen molar-refractivity contribution in [2.24, 2.45) is 0 Å². The van der Waals surface area contributed by atoms with Crippen molar-refractivity contribution in [1.29, 1.82) is 0 Å². The van der Waals surface area contributed by atoms with Crippen molar-refractivity contribution in [2.45, 2.75) is 13.0 Å². The summed E-state index contributed by atoms with van der Waals surface area (Å²) in [6.07, 6.45) is 0.624. The van der Waals surface area contributed by atoms with Gasteiger partial charge in [-0.3, -0.25) is 0 Å². The first-order chi connectivity index (χ1) is 14.5. The number of hydrogen-bond donors (Lipinski definition) is 1. The SMILES string of the molecule is O=C(Nc1ccc(F)c(Cl)c1)N1CCc2c(sc3nc(-c4ccc(F)cc4)nn23)C1. The number of halogens is 3. The lowest BCUT2D eigenvalue weighted by Gasteiger charge is -2.26. The molecule has 1 aliphatic rings. The van der Waals surface area contributed by atoms with Gasteiger partial charge in [-0.1, -0.05) is 22.9 Å². The number of nitrogens with one attached hydrogen (secondary N) is 1. The van der Waals surface area contributed by atoms with E-state index in [4.69, 9.17) is 11.6 Å². The molecule has 2 aromatic carbocycles. The van der Waals surface area contributed by atoms with Crippen molar-refractivity contribution in [3.63, 3.8) is 0 Å². The van der Waals surface area contributed by atoms with Gasteiger partial charge >= 0.3 is 6.03 Å². The van der Waals surface area contributed by atoms with Crippen molar-refractivity contribution in [2.75, 3.05) is 11.9 Å². The van der Waals surface area contributed by atoms with Gasteiger partial charge in [-0.15, -0.1) is 5.10 Å². The van der Waals surface area contributed by atoms with Gasteiger partial charge in [-0.25, -0.2) is 18.1 Å². The Balaban J connectivity index is 1.35. The second kappa shape index (κ2) is 7.33. The third kappa shape index (κ3) is 3.40. The molecule has 0 saturated carbocycles. The van der Waals surface area contributed by atoms with Crippen LogP contribution in [0.5, 0.6) is 0 Å². The molecule has 152 valence electrons. The largest absolute Gasteiger partial charge is 0.322 e. The van der Waals surface area contributed by atoms with Gasteiger partial charge in [0.2, 0.25) is 4.96 Å². The highest BCUT2D eigenvalue weighted by Crippen LogP contribution is 2.30. The molecule has 2 aromatic heterocycles. The number of fused-ring (bicyclic) bond motifs is 3. The second-order valence-corrected chi connectivity index (χ2v) is 8.31. The molecule has 0 aliphatic carbocycles. The maximum absolute atomic E-state index is 13.3. The fraction of sp³-hybridized carbons (Fsp3) is 0.150. The summed E-state index contributed by atoms with van der Waals surface area (Å²) >= 11 is 7.25. The van der Waals surface area contributed by atoms with Crippen LogP contribution >= 0.6 is 22.9 Å². The molecule has 1 N–H and O–H groups in total. The molecule has 0 spiro atoms. The Labute approximate surface area is 178 Å². The minimum Gasteiger partial charge on any atom is -0.319 e. The average Bonchev–Trinajstić information content (AvgIpc) is 3.28. The molecule has 30 heavy (non-hydrogen) atoms. The Kier molecular flexibility index (Phi) is 4.63. The maximum atomic E-state index is 13.3. The Bertz CT molecular complexity index is 1270. The fourth-order valence-electron chi connectivity index (χ4n) is 3.36. The van der Waals surface area contributed by atoms with Crippen LogP contribution in [-0.2, 0) is 13.0 Å². The predicted octanol–water partition coefficient (Wildman–Crippen LogP) is 4.98. The molecule has 0 radical (unpaired) electrons. The molecule has 2 amide bonds. The van der Waals surface area contributed by atoms with Gasteiger partial charge in [0.05, 0.1) is 17.3 Å². The number of carbonyl (C=O) groups excluding carboxylic acids is 1. The van der Waals surface area contributed by atoms with E-state index in [0.717, 1.165) is 21.1 Å². The van der Waals surface area contributed by atoms with E-state index >= 15 is 0 Å². The number of amides is 2. The lowest BCUT2D eigenvalue weighted by Crippen LogP contribution is -2.38. The number of urea groups is 1. The Morgan fingerprint density at radius 2 is 1.97 bits per heavy atom. The van der Waals surface area contributed by atoms with Gasteiger partial charge in [0.1, 0.15) is 11.6 Å². The highest BCUT2D eigenvalue weighted by atomic mass is 35.5. The number of nitrogens with zero attached hydrogens (tertiary/aromatic N) is 4. The number of hydrogen-bond acceptors (Lipinski definition) is 4. The van der Waals surface area contributed by atoms with Gasteiger partial charge in [-0.05, 0) is 42.5 Å². The highest BCUT2D eigenvalue weighted by Gasteiger charge is 2.26. The first-order valence-corrected chi connectivity index (χ1v) is 10.3. The minimum absolute atomic E-state index is 0.0451. The number of carbonyl (C=O) groups is 1. The van der Waals surface area contributed by atoms with Crippen molar-refractivity contribution in [3.8, 4) is 11.4 Å². The smallest absolute Gasteiger partial charge is 0.319 e. The van der Waals surface area contributed by atoms with Crippen molar-refractivity contribution < 1.29 is 13.6 Å². The van der Waals surface area contributed by atoms with E-state index in [0.29, 0.717) is 31.0 Å². The van der Waals surface area contributed by atoms with Crippen LogP contribution in [0, 0.1) is 11.6 Å². The van der Waals surface area contributed by atoms with E-state index in [1.54, 1.807) is 21.5 Å². The van der Waals surface area contributed by atoms with Crippen LogP contribution in [-0.4, -0.2) is 32.1 Å². The summed E-state index contributed by atoms with van der Waals surface area (Å²) in [5.74, 6) is -0.303. The molecular formula is C20H14ClF2N5OS. The van der Waals surface area contributed by atoms with E-state index in [9.17, 15) is 13.6 Å². The Morgan fingerprint density at radius 3 is 2.73 bits per heavy atom. The topological polar surface area (TPSA) is 62.5 Å². The lowest BCUT2D eigenvalue weighted by atomic mass is 10.2. The van der Waals surface area contributed by atoms with Crippen molar-refractivity contribution in [3.05, 3.63) is 69.7 Å². The number of thiazole rings is 1. The first-order valence-electron chi connectivity index (χ1n) is 9.12. The predicted molar refractivity (Wildman–Crippen MR) is 111 cm³/mol.